The highest BCUT2D eigenvalue weighted by Gasteiger charge is 2.21. The average molecular weight is 256 g/mol. The number of urea groups is 1. The van der Waals surface area contributed by atoms with Crippen molar-refractivity contribution in [1.29, 1.82) is 0 Å². The predicted octanol–water partition coefficient (Wildman–Crippen LogP) is 2.07. The van der Waals surface area contributed by atoms with Crippen LogP contribution in [0.15, 0.2) is 0 Å². The van der Waals surface area contributed by atoms with E-state index < -0.39 is 11.9 Å². The molecule has 1 fully saturated rings. The van der Waals surface area contributed by atoms with Crippen LogP contribution >= 0.6 is 0 Å². The van der Waals surface area contributed by atoms with E-state index in [-0.39, 0.29) is 12.1 Å². The number of aliphatic carboxylic acids is 1. The molecule has 1 aliphatic heterocycles. The Hall–Kier alpha value is -1.26. The van der Waals surface area contributed by atoms with Crippen LogP contribution in [-0.4, -0.2) is 41.1 Å². The lowest BCUT2D eigenvalue weighted by Gasteiger charge is -2.27. The van der Waals surface area contributed by atoms with Gasteiger partial charge in [0.25, 0.3) is 0 Å². The zero-order valence-electron chi connectivity index (χ0n) is 11.3. The number of amides is 2. The summed E-state index contributed by atoms with van der Waals surface area (Å²) < 4.78 is 0. The molecule has 18 heavy (non-hydrogen) atoms. The summed E-state index contributed by atoms with van der Waals surface area (Å²) in [5.74, 6) is -1.22. The van der Waals surface area contributed by atoms with E-state index in [1.807, 2.05) is 4.90 Å². The van der Waals surface area contributed by atoms with Crippen molar-refractivity contribution in [1.82, 2.24) is 10.2 Å². The zero-order valence-corrected chi connectivity index (χ0v) is 11.3. The molecule has 5 heteroatoms. The Morgan fingerprint density at radius 1 is 1.39 bits per heavy atom. The van der Waals surface area contributed by atoms with Crippen molar-refractivity contribution in [3.05, 3.63) is 0 Å². The van der Waals surface area contributed by atoms with Crippen LogP contribution in [0.2, 0.25) is 0 Å². The topological polar surface area (TPSA) is 69.6 Å². The summed E-state index contributed by atoms with van der Waals surface area (Å²) in [7, 11) is 0. The van der Waals surface area contributed by atoms with Gasteiger partial charge in [-0.05, 0) is 26.2 Å². The number of nitrogens with zero attached hydrogens (tertiary/aromatic N) is 1. The molecule has 2 N–H and O–H groups in total. The lowest BCUT2D eigenvalue weighted by atomic mass is 10.1. The average Bonchev–Trinajstić information content (AvgIpc) is 2.53. The van der Waals surface area contributed by atoms with Crippen LogP contribution in [0.4, 0.5) is 4.79 Å². The molecule has 0 spiro atoms. The molecule has 0 aliphatic carbocycles. The monoisotopic (exact) mass is 256 g/mol. The fraction of sp³-hybridized carbons (Fsp3) is 0.846. The Balaban J connectivity index is 2.32. The number of carboxylic acid groups (broad SMARTS) is 1. The molecule has 1 rings (SSSR count). The molecule has 0 saturated carbocycles. The molecular formula is C13H24N2O3. The number of hydrogen-bond acceptors (Lipinski definition) is 2. The Bertz CT molecular complexity index is 294. The second-order valence-electron chi connectivity index (χ2n) is 5.15. The molecule has 2 amide bonds. The maximum absolute atomic E-state index is 12.0. The van der Waals surface area contributed by atoms with Crippen molar-refractivity contribution in [2.45, 2.75) is 52.0 Å². The third-order valence-corrected chi connectivity index (χ3v) is 3.59. The van der Waals surface area contributed by atoms with Crippen LogP contribution in [0.3, 0.4) is 0 Å². The molecule has 2 atom stereocenters. The van der Waals surface area contributed by atoms with Gasteiger partial charge in [-0.2, -0.15) is 0 Å². The van der Waals surface area contributed by atoms with E-state index in [0.717, 1.165) is 19.4 Å². The fourth-order valence-corrected chi connectivity index (χ4v) is 2.20. The SMILES string of the molecule is CC(CCNC(=O)N1CCCCCC1C)C(=O)O. The lowest BCUT2D eigenvalue weighted by Crippen LogP contribution is -2.45. The van der Waals surface area contributed by atoms with E-state index in [1.165, 1.54) is 12.8 Å². The second-order valence-corrected chi connectivity index (χ2v) is 5.15. The molecule has 104 valence electrons. The predicted molar refractivity (Wildman–Crippen MR) is 69.5 cm³/mol. The number of likely N-dealkylation sites (tertiary alicyclic amines) is 1. The Kier molecular flexibility index (Phi) is 5.95. The van der Waals surface area contributed by atoms with Gasteiger partial charge in [0.1, 0.15) is 0 Å². The van der Waals surface area contributed by atoms with Crippen molar-refractivity contribution < 1.29 is 14.7 Å². The van der Waals surface area contributed by atoms with E-state index in [1.54, 1.807) is 6.92 Å². The minimum Gasteiger partial charge on any atom is -0.481 e. The van der Waals surface area contributed by atoms with Crippen LogP contribution in [0.1, 0.15) is 46.0 Å². The van der Waals surface area contributed by atoms with Gasteiger partial charge in [0.05, 0.1) is 5.92 Å². The van der Waals surface area contributed by atoms with Gasteiger partial charge in [-0.15, -0.1) is 0 Å². The van der Waals surface area contributed by atoms with Crippen LogP contribution in [0.5, 0.6) is 0 Å². The van der Waals surface area contributed by atoms with E-state index in [9.17, 15) is 9.59 Å². The van der Waals surface area contributed by atoms with E-state index >= 15 is 0 Å². The van der Waals surface area contributed by atoms with E-state index in [0.29, 0.717) is 13.0 Å². The standard InChI is InChI=1S/C13H24N2O3/c1-10(12(16)17)7-8-14-13(18)15-9-5-3-4-6-11(15)2/h10-11H,3-9H2,1-2H3,(H,14,18)(H,16,17). The summed E-state index contributed by atoms with van der Waals surface area (Å²) in [6.07, 6.45) is 4.96. The Morgan fingerprint density at radius 3 is 2.78 bits per heavy atom. The van der Waals surface area contributed by atoms with Gasteiger partial charge in [0.2, 0.25) is 0 Å². The summed E-state index contributed by atoms with van der Waals surface area (Å²) in [6, 6.07) is 0.228. The second kappa shape index (κ2) is 7.24. The van der Waals surface area contributed by atoms with Gasteiger partial charge >= 0.3 is 12.0 Å². The first-order chi connectivity index (χ1) is 8.52. The number of carboxylic acids is 1. The third kappa shape index (κ3) is 4.55. The number of rotatable bonds is 4. The van der Waals surface area contributed by atoms with Gasteiger partial charge in [-0.1, -0.05) is 19.8 Å². The lowest BCUT2D eigenvalue weighted by molar-refractivity contribution is -0.141. The Morgan fingerprint density at radius 2 is 2.11 bits per heavy atom. The third-order valence-electron chi connectivity index (χ3n) is 3.59. The highest BCUT2D eigenvalue weighted by molar-refractivity contribution is 5.74. The maximum atomic E-state index is 12.0. The number of carbonyl (C=O) groups excluding carboxylic acids is 1. The number of hydrogen-bond donors (Lipinski definition) is 2. The van der Waals surface area contributed by atoms with Crippen LogP contribution in [-0.2, 0) is 4.79 Å². The first-order valence-electron chi connectivity index (χ1n) is 6.79. The van der Waals surface area contributed by atoms with Crippen molar-refractivity contribution in [3.63, 3.8) is 0 Å². The molecule has 0 bridgehead atoms. The van der Waals surface area contributed by atoms with Crippen LogP contribution in [0.25, 0.3) is 0 Å². The zero-order chi connectivity index (χ0) is 13.5. The molecule has 1 saturated heterocycles. The molecular weight excluding hydrogens is 232 g/mol. The molecule has 0 aromatic rings. The number of nitrogens with one attached hydrogen (secondary N) is 1. The first-order valence-corrected chi connectivity index (χ1v) is 6.79. The molecule has 0 radical (unpaired) electrons. The Labute approximate surface area is 109 Å². The molecule has 5 nitrogen and oxygen atoms in total. The minimum atomic E-state index is -0.813. The quantitative estimate of drug-likeness (QED) is 0.809. The fourth-order valence-electron chi connectivity index (χ4n) is 2.20. The smallest absolute Gasteiger partial charge is 0.317 e. The van der Waals surface area contributed by atoms with Crippen molar-refractivity contribution in [2.24, 2.45) is 5.92 Å². The largest absolute Gasteiger partial charge is 0.481 e. The van der Waals surface area contributed by atoms with Gasteiger partial charge < -0.3 is 15.3 Å². The van der Waals surface area contributed by atoms with Gasteiger partial charge in [-0.3, -0.25) is 4.79 Å². The summed E-state index contributed by atoms with van der Waals surface area (Å²) >= 11 is 0. The molecule has 0 aromatic carbocycles. The highest BCUT2D eigenvalue weighted by Crippen LogP contribution is 2.16. The normalized spacial score (nSPS) is 22.1. The van der Waals surface area contributed by atoms with Crippen molar-refractivity contribution >= 4 is 12.0 Å². The molecule has 2 unspecified atom stereocenters. The van der Waals surface area contributed by atoms with Crippen molar-refractivity contribution in [3.8, 4) is 0 Å². The summed E-state index contributed by atoms with van der Waals surface area (Å²) in [5.41, 5.74) is 0. The first kappa shape index (κ1) is 14.8. The van der Waals surface area contributed by atoms with Gasteiger partial charge in [-0.25, -0.2) is 4.79 Å². The molecule has 0 aromatic heterocycles. The summed E-state index contributed by atoms with van der Waals surface area (Å²) in [5, 5.41) is 11.6. The van der Waals surface area contributed by atoms with Gasteiger partial charge in [0.15, 0.2) is 0 Å². The molecule has 1 heterocycles. The summed E-state index contributed by atoms with van der Waals surface area (Å²) in [4.78, 5) is 24.5. The highest BCUT2D eigenvalue weighted by atomic mass is 16.4. The van der Waals surface area contributed by atoms with E-state index in [4.69, 9.17) is 5.11 Å². The summed E-state index contributed by atoms with van der Waals surface area (Å²) in [6.45, 7) is 4.96. The van der Waals surface area contributed by atoms with Gasteiger partial charge in [0, 0.05) is 19.1 Å². The minimum absolute atomic E-state index is 0.0537. The van der Waals surface area contributed by atoms with Crippen LogP contribution in [0, 0.1) is 5.92 Å². The number of carbonyl (C=O) groups is 2. The van der Waals surface area contributed by atoms with E-state index in [2.05, 4.69) is 12.2 Å². The van der Waals surface area contributed by atoms with Crippen molar-refractivity contribution in [2.75, 3.05) is 13.1 Å². The maximum Gasteiger partial charge on any atom is 0.317 e. The molecule has 1 aliphatic rings. The van der Waals surface area contributed by atoms with Crippen LogP contribution < -0.4 is 5.32 Å².